The fraction of sp³-hybridized carbons (Fsp3) is 0.263. The molecule has 138 valence electrons. The fourth-order valence-corrected chi connectivity index (χ4v) is 2.28. The first-order chi connectivity index (χ1) is 12.6. The van der Waals surface area contributed by atoms with Crippen LogP contribution < -0.4 is 24.8 Å². The van der Waals surface area contributed by atoms with E-state index in [9.17, 15) is 9.59 Å². The summed E-state index contributed by atoms with van der Waals surface area (Å²) in [4.78, 5) is 24.0. The first kappa shape index (κ1) is 19.1. The Hall–Kier alpha value is -3.22. The van der Waals surface area contributed by atoms with Crippen molar-refractivity contribution >= 4 is 17.5 Å². The quantitative estimate of drug-likeness (QED) is 0.740. The molecular formula is C19H22N2O5. The maximum absolute atomic E-state index is 12.1. The van der Waals surface area contributed by atoms with Crippen LogP contribution in [0.2, 0.25) is 0 Å². The van der Waals surface area contributed by atoms with E-state index in [4.69, 9.17) is 14.2 Å². The van der Waals surface area contributed by atoms with Crippen LogP contribution in [-0.2, 0) is 16.0 Å². The van der Waals surface area contributed by atoms with Gasteiger partial charge in [-0.05, 0) is 36.2 Å². The van der Waals surface area contributed by atoms with Crippen molar-refractivity contribution < 1.29 is 23.8 Å². The van der Waals surface area contributed by atoms with Crippen LogP contribution >= 0.6 is 0 Å². The normalized spacial score (nSPS) is 9.96. The molecule has 0 bridgehead atoms. The van der Waals surface area contributed by atoms with Gasteiger partial charge >= 0.3 is 11.8 Å². The van der Waals surface area contributed by atoms with E-state index in [1.54, 1.807) is 25.3 Å². The van der Waals surface area contributed by atoms with Crippen LogP contribution in [0, 0.1) is 0 Å². The third-order valence-electron chi connectivity index (χ3n) is 3.72. The Bertz CT molecular complexity index is 759. The van der Waals surface area contributed by atoms with Gasteiger partial charge in [0.2, 0.25) is 0 Å². The van der Waals surface area contributed by atoms with Gasteiger partial charge in [0.25, 0.3) is 0 Å². The number of rotatable bonds is 7. The molecule has 0 aliphatic carbocycles. The maximum atomic E-state index is 12.1. The van der Waals surface area contributed by atoms with Gasteiger partial charge in [-0.1, -0.05) is 12.1 Å². The highest BCUT2D eigenvalue weighted by Gasteiger charge is 2.16. The highest BCUT2D eigenvalue weighted by molar-refractivity contribution is 6.39. The lowest BCUT2D eigenvalue weighted by molar-refractivity contribution is -0.136. The molecule has 2 aromatic rings. The standard InChI is InChI=1S/C19H22N2O5/c1-24-14-6-4-13(5-7-14)10-11-20-18(22)19(23)21-16-12-15(25-2)8-9-17(16)26-3/h4-9,12H,10-11H2,1-3H3,(H,20,22)(H,21,23). The fourth-order valence-electron chi connectivity index (χ4n) is 2.28. The number of carbonyl (C=O) groups is 2. The third kappa shape index (κ3) is 5.14. The van der Waals surface area contributed by atoms with E-state index in [1.807, 2.05) is 24.3 Å². The zero-order valence-electron chi connectivity index (χ0n) is 15.0. The average molecular weight is 358 g/mol. The molecule has 0 spiro atoms. The number of anilines is 1. The molecule has 0 saturated heterocycles. The Balaban J connectivity index is 1.88. The molecule has 0 atom stereocenters. The Morgan fingerprint density at radius 2 is 1.50 bits per heavy atom. The number of nitrogens with one attached hydrogen (secondary N) is 2. The zero-order chi connectivity index (χ0) is 18.9. The van der Waals surface area contributed by atoms with Crippen LogP contribution in [0.1, 0.15) is 5.56 Å². The van der Waals surface area contributed by atoms with E-state index in [-0.39, 0.29) is 0 Å². The first-order valence-corrected chi connectivity index (χ1v) is 8.01. The molecule has 0 unspecified atom stereocenters. The van der Waals surface area contributed by atoms with E-state index < -0.39 is 11.8 Å². The average Bonchev–Trinajstić information content (AvgIpc) is 2.68. The van der Waals surface area contributed by atoms with Crippen LogP contribution in [-0.4, -0.2) is 39.7 Å². The summed E-state index contributed by atoms with van der Waals surface area (Å²) in [5.74, 6) is 0.255. The zero-order valence-corrected chi connectivity index (χ0v) is 15.0. The molecule has 2 amide bonds. The van der Waals surface area contributed by atoms with Crippen molar-refractivity contribution in [3.05, 3.63) is 48.0 Å². The van der Waals surface area contributed by atoms with Gasteiger partial charge < -0.3 is 24.8 Å². The Morgan fingerprint density at radius 1 is 0.846 bits per heavy atom. The Morgan fingerprint density at radius 3 is 2.12 bits per heavy atom. The molecule has 2 aromatic carbocycles. The van der Waals surface area contributed by atoms with Crippen molar-refractivity contribution in [1.29, 1.82) is 0 Å². The third-order valence-corrected chi connectivity index (χ3v) is 3.72. The molecule has 0 heterocycles. The molecule has 0 saturated carbocycles. The van der Waals surface area contributed by atoms with Crippen molar-refractivity contribution in [2.45, 2.75) is 6.42 Å². The summed E-state index contributed by atoms with van der Waals surface area (Å²) in [6.45, 7) is 0.341. The second-order valence-corrected chi connectivity index (χ2v) is 5.37. The van der Waals surface area contributed by atoms with E-state index in [0.29, 0.717) is 30.2 Å². The maximum Gasteiger partial charge on any atom is 0.313 e. The van der Waals surface area contributed by atoms with E-state index in [2.05, 4.69) is 10.6 Å². The van der Waals surface area contributed by atoms with Crippen molar-refractivity contribution in [2.24, 2.45) is 0 Å². The Labute approximate surface area is 152 Å². The summed E-state index contributed by atoms with van der Waals surface area (Å²) in [6.07, 6.45) is 0.603. The SMILES string of the molecule is COc1ccc(CCNC(=O)C(=O)Nc2cc(OC)ccc2OC)cc1. The molecule has 7 nitrogen and oxygen atoms in total. The Kier molecular flexibility index (Phi) is 6.84. The molecule has 0 aliphatic heterocycles. The lowest BCUT2D eigenvalue weighted by Gasteiger charge is -2.11. The van der Waals surface area contributed by atoms with Crippen LogP contribution in [0.3, 0.4) is 0 Å². The van der Waals surface area contributed by atoms with Crippen molar-refractivity contribution in [3.63, 3.8) is 0 Å². The summed E-state index contributed by atoms with van der Waals surface area (Å²) in [5, 5.41) is 5.12. The molecule has 26 heavy (non-hydrogen) atoms. The summed E-state index contributed by atoms with van der Waals surface area (Å²) in [5.41, 5.74) is 1.39. The van der Waals surface area contributed by atoms with Crippen LogP contribution in [0.15, 0.2) is 42.5 Å². The van der Waals surface area contributed by atoms with Crippen molar-refractivity contribution in [2.75, 3.05) is 33.2 Å². The minimum absolute atomic E-state index is 0.341. The number of carbonyl (C=O) groups excluding carboxylic acids is 2. The number of methoxy groups -OCH3 is 3. The van der Waals surface area contributed by atoms with Gasteiger partial charge in [-0.15, -0.1) is 0 Å². The number of benzene rings is 2. The molecule has 0 radical (unpaired) electrons. The summed E-state index contributed by atoms with van der Waals surface area (Å²) < 4.78 is 15.4. The minimum Gasteiger partial charge on any atom is -0.497 e. The second-order valence-electron chi connectivity index (χ2n) is 5.37. The van der Waals surface area contributed by atoms with Crippen LogP contribution in [0.5, 0.6) is 17.2 Å². The predicted molar refractivity (Wildman–Crippen MR) is 97.9 cm³/mol. The number of hydrogen-bond donors (Lipinski definition) is 2. The van der Waals surface area contributed by atoms with Gasteiger partial charge in [-0.3, -0.25) is 9.59 Å². The van der Waals surface area contributed by atoms with Gasteiger partial charge in [0, 0.05) is 12.6 Å². The van der Waals surface area contributed by atoms with Gasteiger partial charge in [0.1, 0.15) is 17.2 Å². The molecule has 7 heteroatoms. The predicted octanol–water partition coefficient (Wildman–Crippen LogP) is 2.01. The highest BCUT2D eigenvalue weighted by Crippen LogP contribution is 2.28. The molecule has 0 aromatic heterocycles. The van der Waals surface area contributed by atoms with Gasteiger partial charge in [0.05, 0.1) is 27.0 Å². The van der Waals surface area contributed by atoms with E-state index in [0.717, 1.165) is 11.3 Å². The number of hydrogen-bond acceptors (Lipinski definition) is 5. The van der Waals surface area contributed by atoms with E-state index >= 15 is 0 Å². The van der Waals surface area contributed by atoms with Gasteiger partial charge in [-0.25, -0.2) is 0 Å². The summed E-state index contributed by atoms with van der Waals surface area (Å²) in [7, 11) is 4.59. The minimum atomic E-state index is -0.772. The smallest absolute Gasteiger partial charge is 0.313 e. The van der Waals surface area contributed by atoms with Crippen molar-refractivity contribution in [3.8, 4) is 17.2 Å². The van der Waals surface area contributed by atoms with Gasteiger partial charge in [-0.2, -0.15) is 0 Å². The summed E-state index contributed by atoms with van der Waals surface area (Å²) >= 11 is 0. The summed E-state index contributed by atoms with van der Waals surface area (Å²) in [6, 6.07) is 12.4. The lowest BCUT2D eigenvalue weighted by Crippen LogP contribution is -2.36. The number of amides is 2. The van der Waals surface area contributed by atoms with Crippen LogP contribution in [0.4, 0.5) is 5.69 Å². The first-order valence-electron chi connectivity index (χ1n) is 8.01. The monoisotopic (exact) mass is 358 g/mol. The van der Waals surface area contributed by atoms with Gasteiger partial charge in [0.15, 0.2) is 0 Å². The second kappa shape index (κ2) is 9.31. The molecule has 0 aliphatic rings. The number of ether oxygens (including phenoxy) is 3. The molecule has 2 N–H and O–H groups in total. The van der Waals surface area contributed by atoms with Crippen LogP contribution in [0.25, 0.3) is 0 Å². The molecule has 0 fully saturated rings. The highest BCUT2D eigenvalue weighted by atomic mass is 16.5. The van der Waals surface area contributed by atoms with Crippen molar-refractivity contribution in [1.82, 2.24) is 5.32 Å². The molecular weight excluding hydrogens is 336 g/mol. The topological polar surface area (TPSA) is 85.9 Å². The lowest BCUT2D eigenvalue weighted by atomic mass is 10.1. The van der Waals surface area contributed by atoms with E-state index in [1.165, 1.54) is 14.2 Å². The largest absolute Gasteiger partial charge is 0.497 e. The molecule has 2 rings (SSSR count).